The molecule has 0 spiro atoms. The predicted octanol–water partition coefficient (Wildman–Crippen LogP) is 3.43. The van der Waals surface area contributed by atoms with Crippen LogP contribution in [-0.2, 0) is 12.8 Å². The van der Waals surface area contributed by atoms with Gasteiger partial charge < -0.3 is 0 Å². The summed E-state index contributed by atoms with van der Waals surface area (Å²) >= 11 is 3.83. The summed E-state index contributed by atoms with van der Waals surface area (Å²) in [6.07, 6.45) is 2.29. The summed E-state index contributed by atoms with van der Waals surface area (Å²) in [6.45, 7) is 4.38. The minimum absolute atomic E-state index is 1.15. The molecule has 0 unspecified atom stereocenters. The molecule has 0 heterocycles. The molecule has 1 rings (SSSR count). The van der Waals surface area contributed by atoms with Gasteiger partial charge in [-0.2, -0.15) is 0 Å². The Morgan fingerprint density at radius 2 is 1.50 bits per heavy atom. The van der Waals surface area contributed by atoms with Crippen molar-refractivity contribution in [3.8, 4) is 0 Å². The minimum Gasteiger partial charge on any atom is -0.0973 e. The topological polar surface area (TPSA) is 0 Å². The van der Waals surface area contributed by atoms with Gasteiger partial charge in [0.2, 0.25) is 0 Å². The first-order valence-electron chi connectivity index (χ1n) is 4.23. The average molecular weight is 180 g/mol. The summed E-state index contributed by atoms with van der Waals surface area (Å²) in [5.41, 5.74) is 2.89. The highest BCUT2D eigenvalue weighted by molar-refractivity contribution is 7.77. The molecule has 0 saturated heterocycles. The van der Waals surface area contributed by atoms with E-state index in [1.807, 2.05) is 0 Å². The second-order valence-corrected chi connectivity index (χ2v) is 2.53. The maximum absolute atomic E-state index is 3.83. The van der Waals surface area contributed by atoms with E-state index in [1.54, 1.807) is 0 Å². The molecular formula is C11H16S. The molecule has 0 amide bonds. The Morgan fingerprint density at radius 3 is 1.83 bits per heavy atom. The molecule has 0 saturated carbocycles. The van der Waals surface area contributed by atoms with Gasteiger partial charge in [0.05, 0.1) is 0 Å². The zero-order chi connectivity index (χ0) is 9.40. The van der Waals surface area contributed by atoms with Crippen molar-refractivity contribution in [2.45, 2.75) is 26.7 Å². The number of thiocarbonyl (C=S) groups is 1. The highest BCUT2D eigenvalue weighted by Gasteiger charge is 1.89. The van der Waals surface area contributed by atoms with Crippen molar-refractivity contribution in [3.05, 3.63) is 35.4 Å². The minimum atomic E-state index is 1.15. The number of rotatable bonds is 2. The highest BCUT2D eigenvalue weighted by Crippen LogP contribution is 2.05. The van der Waals surface area contributed by atoms with Crippen molar-refractivity contribution >= 4 is 18.1 Å². The molecule has 0 aliphatic carbocycles. The fourth-order valence-corrected chi connectivity index (χ4v) is 1.07. The fraction of sp³-hybridized carbons (Fsp3) is 0.364. The van der Waals surface area contributed by atoms with Crippen LogP contribution in [0.1, 0.15) is 25.0 Å². The second kappa shape index (κ2) is 6.99. The molecule has 0 aliphatic rings. The van der Waals surface area contributed by atoms with E-state index in [1.165, 1.54) is 11.1 Å². The zero-order valence-electron chi connectivity index (χ0n) is 7.84. The number of hydrogen-bond acceptors (Lipinski definition) is 1. The van der Waals surface area contributed by atoms with Gasteiger partial charge in [0.25, 0.3) is 0 Å². The monoisotopic (exact) mass is 180 g/mol. The molecule has 1 aromatic rings. The standard InChI is InChI=1S/C10H14.CH2S/c1-3-9-6-5-7-10(4-2)8-9;1-2/h5-8H,3-4H2,1-2H3;1H2. The molecule has 1 heteroatoms. The Balaban J connectivity index is 0.000000561. The Labute approximate surface area is 80.6 Å². The van der Waals surface area contributed by atoms with Gasteiger partial charge in [0, 0.05) is 0 Å². The number of benzene rings is 1. The quantitative estimate of drug-likeness (QED) is 0.628. The Hall–Kier alpha value is -0.690. The van der Waals surface area contributed by atoms with E-state index in [2.05, 4.69) is 56.2 Å². The third-order valence-corrected chi connectivity index (χ3v) is 1.81. The maximum Gasteiger partial charge on any atom is -0.0307 e. The van der Waals surface area contributed by atoms with Crippen LogP contribution in [0.5, 0.6) is 0 Å². The van der Waals surface area contributed by atoms with E-state index in [-0.39, 0.29) is 0 Å². The molecule has 0 N–H and O–H groups in total. The highest BCUT2D eigenvalue weighted by atomic mass is 32.1. The summed E-state index contributed by atoms with van der Waals surface area (Å²) in [4.78, 5) is 0. The number of aryl methyl sites for hydroxylation is 2. The van der Waals surface area contributed by atoms with Crippen molar-refractivity contribution in [3.63, 3.8) is 0 Å². The molecule has 0 atom stereocenters. The molecule has 1 aromatic carbocycles. The lowest BCUT2D eigenvalue weighted by Gasteiger charge is -1.98. The van der Waals surface area contributed by atoms with Crippen molar-refractivity contribution in [2.75, 3.05) is 0 Å². The average Bonchev–Trinajstić information content (AvgIpc) is 2.21. The molecular weight excluding hydrogens is 164 g/mol. The van der Waals surface area contributed by atoms with Crippen LogP contribution in [0, 0.1) is 0 Å². The van der Waals surface area contributed by atoms with Crippen molar-refractivity contribution in [2.24, 2.45) is 0 Å². The summed E-state index contributed by atoms with van der Waals surface area (Å²) in [7, 11) is 0. The van der Waals surface area contributed by atoms with E-state index in [0.29, 0.717) is 0 Å². The lowest BCUT2D eigenvalue weighted by atomic mass is 10.1. The predicted molar refractivity (Wildman–Crippen MR) is 59.9 cm³/mol. The number of hydrogen-bond donors (Lipinski definition) is 0. The van der Waals surface area contributed by atoms with Gasteiger partial charge in [-0.15, -0.1) is 0 Å². The van der Waals surface area contributed by atoms with Crippen LogP contribution in [0.2, 0.25) is 0 Å². The van der Waals surface area contributed by atoms with Crippen LogP contribution in [0.3, 0.4) is 0 Å². The molecule has 66 valence electrons. The van der Waals surface area contributed by atoms with Gasteiger partial charge in [-0.1, -0.05) is 50.3 Å². The van der Waals surface area contributed by atoms with E-state index in [4.69, 9.17) is 0 Å². The summed E-state index contributed by atoms with van der Waals surface area (Å²) in [5, 5.41) is 0. The molecule has 0 bridgehead atoms. The molecule has 0 aliphatic heterocycles. The largest absolute Gasteiger partial charge is 0.0973 e. The van der Waals surface area contributed by atoms with Crippen molar-refractivity contribution in [1.29, 1.82) is 0 Å². The normalized spacial score (nSPS) is 8.50. The fourth-order valence-electron chi connectivity index (χ4n) is 1.07. The van der Waals surface area contributed by atoms with E-state index in [0.717, 1.165) is 12.8 Å². The lowest BCUT2D eigenvalue weighted by Crippen LogP contribution is -1.83. The van der Waals surface area contributed by atoms with Crippen LogP contribution >= 0.6 is 12.2 Å². The van der Waals surface area contributed by atoms with Crippen LogP contribution in [0.25, 0.3) is 0 Å². The molecule has 0 nitrogen and oxygen atoms in total. The Kier molecular flexibility index (Phi) is 6.58. The summed E-state index contributed by atoms with van der Waals surface area (Å²) in [5.74, 6) is 2.83. The maximum atomic E-state index is 3.83. The first kappa shape index (κ1) is 11.3. The smallest absolute Gasteiger partial charge is 0.0307 e. The van der Waals surface area contributed by atoms with Crippen molar-refractivity contribution < 1.29 is 0 Å². The van der Waals surface area contributed by atoms with Crippen LogP contribution in [0.15, 0.2) is 24.3 Å². The third-order valence-electron chi connectivity index (χ3n) is 1.81. The van der Waals surface area contributed by atoms with Crippen molar-refractivity contribution in [1.82, 2.24) is 0 Å². The zero-order valence-corrected chi connectivity index (χ0v) is 8.66. The van der Waals surface area contributed by atoms with Gasteiger partial charge in [-0.05, 0) is 29.8 Å². The van der Waals surface area contributed by atoms with E-state index < -0.39 is 0 Å². The van der Waals surface area contributed by atoms with Gasteiger partial charge in [-0.3, -0.25) is 0 Å². The second-order valence-electron chi connectivity index (χ2n) is 2.53. The van der Waals surface area contributed by atoms with Crippen LogP contribution in [-0.4, -0.2) is 5.87 Å². The third kappa shape index (κ3) is 3.63. The van der Waals surface area contributed by atoms with Gasteiger partial charge in [0.1, 0.15) is 0 Å². The van der Waals surface area contributed by atoms with E-state index >= 15 is 0 Å². The molecule has 0 radical (unpaired) electrons. The molecule has 12 heavy (non-hydrogen) atoms. The Morgan fingerprint density at radius 1 is 1.08 bits per heavy atom. The first-order valence-corrected chi connectivity index (χ1v) is 4.81. The SMILES string of the molecule is C=S.CCc1cccc(CC)c1. The summed E-state index contributed by atoms with van der Waals surface area (Å²) < 4.78 is 0. The van der Waals surface area contributed by atoms with Crippen LogP contribution < -0.4 is 0 Å². The van der Waals surface area contributed by atoms with E-state index in [9.17, 15) is 0 Å². The van der Waals surface area contributed by atoms with Crippen LogP contribution in [0.4, 0.5) is 0 Å². The molecule has 0 fully saturated rings. The van der Waals surface area contributed by atoms with Gasteiger partial charge in [-0.25, -0.2) is 0 Å². The molecule has 0 aromatic heterocycles. The lowest BCUT2D eigenvalue weighted by molar-refractivity contribution is 1.09. The first-order chi connectivity index (χ1) is 5.86. The Bertz CT molecular complexity index is 199. The summed E-state index contributed by atoms with van der Waals surface area (Å²) in [6, 6.07) is 8.77. The van der Waals surface area contributed by atoms with Gasteiger partial charge in [0.15, 0.2) is 0 Å². The van der Waals surface area contributed by atoms with Gasteiger partial charge >= 0.3 is 0 Å².